The third-order valence-electron chi connectivity index (χ3n) is 3.25. The van der Waals surface area contributed by atoms with E-state index in [1.807, 2.05) is 30.3 Å². The molecule has 0 spiro atoms. The highest BCUT2D eigenvalue weighted by atomic mass is 16.5. The van der Waals surface area contributed by atoms with E-state index in [1.165, 1.54) is 6.92 Å². The molecule has 23 heavy (non-hydrogen) atoms. The summed E-state index contributed by atoms with van der Waals surface area (Å²) in [4.78, 5) is 23.0. The van der Waals surface area contributed by atoms with Gasteiger partial charge in [-0.3, -0.25) is 9.59 Å². The van der Waals surface area contributed by atoms with Gasteiger partial charge in [-0.25, -0.2) is 0 Å². The van der Waals surface area contributed by atoms with Crippen molar-refractivity contribution in [1.29, 1.82) is 0 Å². The van der Waals surface area contributed by atoms with Crippen LogP contribution in [0.5, 0.6) is 5.75 Å². The maximum absolute atomic E-state index is 12.0. The Bertz CT molecular complexity index is 660. The van der Waals surface area contributed by atoms with Gasteiger partial charge in [0.05, 0.1) is 5.92 Å². The van der Waals surface area contributed by atoms with Gasteiger partial charge >= 0.3 is 11.9 Å². The van der Waals surface area contributed by atoms with Crippen LogP contribution in [0.2, 0.25) is 0 Å². The molecule has 0 saturated heterocycles. The molecule has 0 radical (unpaired) electrons. The lowest BCUT2D eigenvalue weighted by atomic mass is 10.0. The summed E-state index contributed by atoms with van der Waals surface area (Å²) >= 11 is 0. The van der Waals surface area contributed by atoms with Gasteiger partial charge in [0, 0.05) is 6.92 Å². The zero-order chi connectivity index (χ0) is 16.8. The first-order valence-electron chi connectivity index (χ1n) is 7.51. The van der Waals surface area contributed by atoms with E-state index in [0.29, 0.717) is 5.75 Å². The van der Waals surface area contributed by atoms with Crippen molar-refractivity contribution >= 4 is 11.9 Å². The van der Waals surface area contributed by atoms with Crippen molar-refractivity contribution in [3.63, 3.8) is 0 Å². The van der Waals surface area contributed by atoms with Crippen molar-refractivity contribution in [3.05, 3.63) is 65.7 Å². The van der Waals surface area contributed by atoms with E-state index in [9.17, 15) is 9.59 Å². The minimum Gasteiger partial charge on any atom is -0.452 e. The molecule has 0 fully saturated rings. The van der Waals surface area contributed by atoms with E-state index in [1.54, 1.807) is 38.1 Å². The Morgan fingerprint density at radius 1 is 0.870 bits per heavy atom. The summed E-state index contributed by atoms with van der Waals surface area (Å²) in [7, 11) is 0. The van der Waals surface area contributed by atoms with Gasteiger partial charge in [0.25, 0.3) is 0 Å². The van der Waals surface area contributed by atoms with Crippen LogP contribution in [0, 0.1) is 5.92 Å². The number of esters is 2. The van der Waals surface area contributed by atoms with Crippen LogP contribution in [0.25, 0.3) is 0 Å². The minimum absolute atomic E-state index is 0.207. The standard InChI is InChI=1S/C19H20O4/c1-13(2)19(21)23-18(15-7-5-4-6-8-15)16-9-11-17(12-10-16)22-14(3)20/h4-13,18H,1-3H3. The van der Waals surface area contributed by atoms with E-state index in [2.05, 4.69) is 0 Å². The Labute approximate surface area is 136 Å². The zero-order valence-electron chi connectivity index (χ0n) is 13.5. The quantitative estimate of drug-likeness (QED) is 0.620. The van der Waals surface area contributed by atoms with Gasteiger partial charge in [0.2, 0.25) is 0 Å². The molecule has 0 heterocycles. The number of hydrogen-bond acceptors (Lipinski definition) is 4. The number of ether oxygens (including phenoxy) is 2. The van der Waals surface area contributed by atoms with Crippen molar-refractivity contribution in [2.45, 2.75) is 26.9 Å². The Kier molecular flexibility index (Phi) is 5.52. The van der Waals surface area contributed by atoms with Crippen molar-refractivity contribution in [3.8, 4) is 5.75 Å². The molecule has 0 aliphatic carbocycles. The summed E-state index contributed by atoms with van der Waals surface area (Å²) in [5.74, 6) is -0.378. The molecule has 0 aliphatic heterocycles. The fourth-order valence-corrected chi connectivity index (χ4v) is 2.09. The summed E-state index contributed by atoms with van der Waals surface area (Å²) in [6, 6.07) is 16.5. The predicted octanol–water partition coefficient (Wildman–Crippen LogP) is 3.90. The Balaban J connectivity index is 2.29. The molecule has 1 unspecified atom stereocenters. The van der Waals surface area contributed by atoms with Crippen LogP contribution >= 0.6 is 0 Å². The van der Waals surface area contributed by atoms with Crippen molar-refractivity contribution in [1.82, 2.24) is 0 Å². The monoisotopic (exact) mass is 312 g/mol. The van der Waals surface area contributed by atoms with Gasteiger partial charge in [-0.05, 0) is 23.3 Å². The lowest BCUT2D eigenvalue weighted by Crippen LogP contribution is -2.17. The molecule has 2 aromatic rings. The highest BCUT2D eigenvalue weighted by Crippen LogP contribution is 2.28. The van der Waals surface area contributed by atoms with E-state index in [0.717, 1.165) is 11.1 Å². The van der Waals surface area contributed by atoms with Crippen LogP contribution in [0.4, 0.5) is 0 Å². The van der Waals surface area contributed by atoms with E-state index in [-0.39, 0.29) is 17.9 Å². The second-order valence-electron chi connectivity index (χ2n) is 5.54. The third-order valence-corrected chi connectivity index (χ3v) is 3.25. The topological polar surface area (TPSA) is 52.6 Å². The van der Waals surface area contributed by atoms with Gasteiger partial charge in [-0.1, -0.05) is 56.3 Å². The van der Waals surface area contributed by atoms with Gasteiger partial charge < -0.3 is 9.47 Å². The molecule has 0 saturated carbocycles. The molecule has 0 aromatic heterocycles. The summed E-state index contributed by atoms with van der Waals surface area (Å²) < 4.78 is 10.7. The van der Waals surface area contributed by atoms with Crippen LogP contribution in [0.1, 0.15) is 38.0 Å². The number of carbonyl (C=O) groups excluding carboxylic acids is 2. The number of hydrogen-bond donors (Lipinski definition) is 0. The Morgan fingerprint density at radius 2 is 1.43 bits per heavy atom. The highest BCUT2D eigenvalue weighted by molar-refractivity contribution is 5.72. The summed E-state index contributed by atoms with van der Waals surface area (Å²) in [5.41, 5.74) is 1.71. The van der Waals surface area contributed by atoms with E-state index >= 15 is 0 Å². The fourth-order valence-electron chi connectivity index (χ4n) is 2.09. The summed E-state index contributed by atoms with van der Waals surface area (Å²) in [6.07, 6.45) is -0.488. The van der Waals surface area contributed by atoms with Crippen LogP contribution < -0.4 is 4.74 Å². The SMILES string of the molecule is CC(=O)Oc1ccc(C(OC(=O)C(C)C)c2ccccc2)cc1. The third kappa shape index (κ3) is 4.68. The molecule has 4 heteroatoms. The molecule has 2 aromatic carbocycles. The average Bonchev–Trinajstić information content (AvgIpc) is 2.53. The number of carbonyl (C=O) groups is 2. The van der Waals surface area contributed by atoms with Gasteiger partial charge in [-0.15, -0.1) is 0 Å². The van der Waals surface area contributed by atoms with Crippen LogP contribution in [-0.2, 0) is 14.3 Å². The maximum Gasteiger partial charge on any atom is 0.309 e. The molecule has 120 valence electrons. The zero-order valence-corrected chi connectivity index (χ0v) is 13.5. The molecule has 0 aliphatic rings. The van der Waals surface area contributed by atoms with Crippen molar-refractivity contribution in [2.75, 3.05) is 0 Å². The first kappa shape index (κ1) is 16.7. The van der Waals surface area contributed by atoms with Crippen molar-refractivity contribution < 1.29 is 19.1 Å². The van der Waals surface area contributed by atoms with Gasteiger partial charge in [0.1, 0.15) is 5.75 Å². The predicted molar refractivity (Wildman–Crippen MR) is 87.0 cm³/mol. The maximum atomic E-state index is 12.0. The summed E-state index contributed by atoms with van der Waals surface area (Å²) in [5, 5.41) is 0. The van der Waals surface area contributed by atoms with E-state index in [4.69, 9.17) is 9.47 Å². The van der Waals surface area contributed by atoms with Gasteiger partial charge in [-0.2, -0.15) is 0 Å². The van der Waals surface area contributed by atoms with Crippen LogP contribution in [0.15, 0.2) is 54.6 Å². The van der Waals surface area contributed by atoms with Gasteiger partial charge in [0.15, 0.2) is 6.10 Å². The first-order valence-corrected chi connectivity index (χ1v) is 7.51. The Morgan fingerprint density at radius 3 is 1.96 bits per heavy atom. The number of benzene rings is 2. The molecule has 0 amide bonds. The lowest BCUT2D eigenvalue weighted by molar-refractivity contribution is -0.151. The molecule has 2 rings (SSSR count). The normalized spacial score (nSPS) is 11.8. The molecule has 4 nitrogen and oxygen atoms in total. The molecule has 0 bridgehead atoms. The average molecular weight is 312 g/mol. The first-order chi connectivity index (χ1) is 11.0. The largest absolute Gasteiger partial charge is 0.452 e. The second-order valence-corrected chi connectivity index (χ2v) is 5.54. The molecule has 1 atom stereocenters. The molecular weight excluding hydrogens is 292 g/mol. The van der Waals surface area contributed by atoms with E-state index < -0.39 is 6.10 Å². The second kappa shape index (κ2) is 7.58. The highest BCUT2D eigenvalue weighted by Gasteiger charge is 2.20. The van der Waals surface area contributed by atoms with Crippen LogP contribution in [0.3, 0.4) is 0 Å². The fraction of sp³-hybridized carbons (Fsp3) is 0.263. The Hall–Kier alpha value is -2.62. The smallest absolute Gasteiger partial charge is 0.309 e. The molecule has 0 N–H and O–H groups in total. The molecular formula is C19H20O4. The van der Waals surface area contributed by atoms with Crippen molar-refractivity contribution in [2.24, 2.45) is 5.92 Å². The summed E-state index contributed by atoms with van der Waals surface area (Å²) in [6.45, 7) is 4.95. The minimum atomic E-state index is -0.488. The van der Waals surface area contributed by atoms with Crippen LogP contribution in [-0.4, -0.2) is 11.9 Å². The number of rotatable bonds is 5. The lowest BCUT2D eigenvalue weighted by Gasteiger charge is -2.20.